The van der Waals surface area contributed by atoms with Crippen LogP contribution < -0.4 is 21.7 Å². The van der Waals surface area contributed by atoms with E-state index in [0.717, 1.165) is 19.4 Å². The van der Waals surface area contributed by atoms with Crippen LogP contribution in [0.3, 0.4) is 0 Å². The number of rotatable bonds is 5. The van der Waals surface area contributed by atoms with E-state index in [0.29, 0.717) is 23.8 Å². The molecular weight excluding hydrogens is 292 g/mol. The summed E-state index contributed by atoms with van der Waals surface area (Å²) in [6, 6.07) is 6.75. The van der Waals surface area contributed by atoms with Crippen molar-refractivity contribution in [2.75, 3.05) is 17.2 Å². The Labute approximate surface area is 130 Å². The summed E-state index contributed by atoms with van der Waals surface area (Å²) in [6.45, 7) is 1.05. The molecule has 1 aliphatic rings. The van der Waals surface area contributed by atoms with Crippen LogP contribution in [0.5, 0.6) is 0 Å². The van der Waals surface area contributed by atoms with E-state index in [1.807, 2.05) is 0 Å². The molecule has 2 rings (SSSR count). The quantitative estimate of drug-likeness (QED) is 0.670. The molecule has 3 amide bonds. The van der Waals surface area contributed by atoms with Gasteiger partial charge in [0.25, 0.3) is 0 Å². The molecule has 1 aromatic carbocycles. The largest absolute Gasteiger partial charge is 0.351 e. The Morgan fingerprint density at radius 1 is 1.29 bits per heavy atom. The van der Waals surface area contributed by atoms with Crippen molar-refractivity contribution in [3.05, 3.63) is 24.3 Å². The second-order valence-electron chi connectivity index (χ2n) is 4.95. The molecule has 0 aromatic heterocycles. The van der Waals surface area contributed by atoms with Crippen LogP contribution in [0, 0.1) is 0 Å². The van der Waals surface area contributed by atoms with Gasteiger partial charge in [-0.3, -0.25) is 4.79 Å². The molecule has 116 valence electrons. The minimum atomic E-state index is -0.624. The molecule has 1 saturated heterocycles. The first-order chi connectivity index (χ1) is 9.63. The van der Waals surface area contributed by atoms with E-state index >= 15 is 0 Å². The highest BCUT2D eigenvalue weighted by molar-refractivity contribution is 5.93. The number of halogens is 1. The van der Waals surface area contributed by atoms with Crippen molar-refractivity contribution in [3.8, 4) is 0 Å². The number of anilines is 2. The lowest BCUT2D eigenvalue weighted by molar-refractivity contribution is -0.116. The molecule has 0 spiro atoms. The van der Waals surface area contributed by atoms with Gasteiger partial charge >= 0.3 is 6.03 Å². The maximum atomic E-state index is 11.9. The minimum absolute atomic E-state index is 0. The van der Waals surface area contributed by atoms with Gasteiger partial charge in [-0.25, -0.2) is 4.79 Å². The van der Waals surface area contributed by atoms with Gasteiger partial charge in [-0.2, -0.15) is 0 Å². The third-order valence-electron chi connectivity index (χ3n) is 3.30. The van der Waals surface area contributed by atoms with Crippen LogP contribution in [0.2, 0.25) is 0 Å². The van der Waals surface area contributed by atoms with Crippen LogP contribution in [0.4, 0.5) is 16.2 Å². The number of amides is 3. The first-order valence-electron chi connectivity index (χ1n) is 6.83. The Bertz CT molecular complexity index is 490. The Kier molecular flexibility index (Phi) is 6.98. The highest BCUT2D eigenvalue weighted by atomic mass is 35.5. The van der Waals surface area contributed by atoms with Gasteiger partial charge in [0.1, 0.15) is 0 Å². The lowest BCUT2D eigenvalue weighted by Crippen LogP contribution is -2.23. The summed E-state index contributed by atoms with van der Waals surface area (Å²) in [5.74, 6) is -0.0186. The highest BCUT2D eigenvalue weighted by Crippen LogP contribution is 2.16. The molecule has 0 aliphatic carbocycles. The molecule has 0 saturated carbocycles. The van der Waals surface area contributed by atoms with Crippen LogP contribution >= 0.6 is 12.4 Å². The molecule has 1 fully saturated rings. The second-order valence-corrected chi connectivity index (χ2v) is 4.95. The summed E-state index contributed by atoms with van der Waals surface area (Å²) in [7, 11) is 0. The predicted octanol–water partition coefficient (Wildman–Crippen LogP) is 2.07. The average Bonchev–Trinajstić information content (AvgIpc) is 2.89. The van der Waals surface area contributed by atoms with Crippen molar-refractivity contribution < 1.29 is 9.59 Å². The van der Waals surface area contributed by atoms with Crippen LogP contribution in [-0.2, 0) is 4.79 Å². The van der Waals surface area contributed by atoms with Crippen molar-refractivity contribution in [2.24, 2.45) is 5.73 Å². The molecule has 0 radical (unpaired) electrons. The van der Waals surface area contributed by atoms with Gasteiger partial charge in [0, 0.05) is 23.8 Å². The van der Waals surface area contributed by atoms with Crippen molar-refractivity contribution >= 4 is 35.7 Å². The van der Waals surface area contributed by atoms with E-state index in [2.05, 4.69) is 16.0 Å². The summed E-state index contributed by atoms with van der Waals surface area (Å²) in [5.41, 5.74) is 6.27. The van der Waals surface area contributed by atoms with Gasteiger partial charge in [0.15, 0.2) is 0 Å². The Morgan fingerprint density at radius 2 is 2.00 bits per heavy atom. The number of carbonyl (C=O) groups is 2. The van der Waals surface area contributed by atoms with Gasteiger partial charge in [-0.05, 0) is 44.0 Å². The molecule has 7 heteroatoms. The number of urea groups is 1. The van der Waals surface area contributed by atoms with Gasteiger partial charge in [0.05, 0.1) is 0 Å². The predicted molar refractivity (Wildman–Crippen MR) is 85.8 cm³/mol. The average molecular weight is 313 g/mol. The SMILES string of the molecule is Cl.NC(=O)Nc1cccc(NC(=O)CCC2CCCN2)c1. The number of hydrogen-bond acceptors (Lipinski definition) is 3. The van der Waals surface area contributed by atoms with Gasteiger partial charge in [-0.1, -0.05) is 6.07 Å². The van der Waals surface area contributed by atoms with Crippen molar-refractivity contribution in [2.45, 2.75) is 31.7 Å². The third-order valence-corrected chi connectivity index (χ3v) is 3.30. The van der Waals surface area contributed by atoms with E-state index in [4.69, 9.17) is 5.73 Å². The van der Waals surface area contributed by atoms with E-state index in [-0.39, 0.29) is 18.3 Å². The summed E-state index contributed by atoms with van der Waals surface area (Å²) in [4.78, 5) is 22.6. The van der Waals surface area contributed by atoms with Crippen molar-refractivity contribution in [1.29, 1.82) is 0 Å². The molecule has 5 N–H and O–H groups in total. The number of nitrogens with two attached hydrogens (primary N) is 1. The van der Waals surface area contributed by atoms with E-state index in [1.54, 1.807) is 24.3 Å². The Hall–Kier alpha value is -1.79. The zero-order valence-electron chi connectivity index (χ0n) is 11.7. The summed E-state index contributed by atoms with van der Waals surface area (Å²) < 4.78 is 0. The number of hydrogen-bond donors (Lipinski definition) is 4. The van der Waals surface area contributed by atoms with E-state index in [1.165, 1.54) is 6.42 Å². The summed E-state index contributed by atoms with van der Waals surface area (Å²) in [6.07, 6.45) is 3.68. The second kappa shape index (κ2) is 8.49. The maximum absolute atomic E-state index is 11.9. The molecule has 1 unspecified atom stereocenters. The molecule has 6 nitrogen and oxygen atoms in total. The van der Waals surface area contributed by atoms with E-state index in [9.17, 15) is 9.59 Å². The summed E-state index contributed by atoms with van der Waals surface area (Å²) in [5, 5.41) is 8.66. The molecule has 21 heavy (non-hydrogen) atoms. The lowest BCUT2D eigenvalue weighted by atomic mass is 10.1. The fraction of sp³-hybridized carbons (Fsp3) is 0.429. The minimum Gasteiger partial charge on any atom is -0.351 e. The van der Waals surface area contributed by atoms with Gasteiger partial charge < -0.3 is 21.7 Å². The molecule has 0 bridgehead atoms. The van der Waals surface area contributed by atoms with Crippen LogP contribution in [0.15, 0.2) is 24.3 Å². The molecule has 1 aromatic rings. The van der Waals surface area contributed by atoms with Crippen LogP contribution in [0.25, 0.3) is 0 Å². The van der Waals surface area contributed by atoms with Crippen LogP contribution in [0.1, 0.15) is 25.7 Å². The molecule has 1 heterocycles. The fourth-order valence-electron chi connectivity index (χ4n) is 2.35. The van der Waals surface area contributed by atoms with Crippen molar-refractivity contribution in [1.82, 2.24) is 5.32 Å². The molecule has 1 atom stereocenters. The number of carbonyl (C=O) groups excluding carboxylic acids is 2. The van der Waals surface area contributed by atoms with Gasteiger partial charge in [0.2, 0.25) is 5.91 Å². The third kappa shape index (κ3) is 6.01. The first-order valence-corrected chi connectivity index (χ1v) is 6.83. The van der Waals surface area contributed by atoms with Gasteiger partial charge in [-0.15, -0.1) is 12.4 Å². The number of benzene rings is 1. The maximum Gasteiger partial charge on any atom is 0.316 e. The zero-order valence-corrected chi connectivity index (χ0v) is 12.5. The molecular formula is C14H21ClN4O2. The fourth-order valence-corrected chi connectivity index (χ4v) is 2.35. The molecule has 1 aliphatic heterocycles. The van der Waals surface area contributed by atoms with Crippen molar-refractivity contribution in [3.63, 3.8) is 0 Å². The number of primary amides is 1. The smallest absolute Gasteiger partial charge is 0.316 e. The zero-order chi connectivity index (χ0) is 14.4. The highest BCUT2D eigenvalue weighted by Gasteiger charge is 2.15. The number of nitrogens with one attached hydrogen (secondary N) is 3. The van der Waals surface area contributed by atoms with E-state index < -0.39 is 6.03 Å². The normalized spacial score (nSPS) is 16.9. The summed E-state index contributed by atoms with van der Waals surface area (Å²) >= 11 is 0. The lowest BCUT2D eigenvalue weighted by Gasteiger charge is -2.10. The standard InChI is InChI=1S/C14H20N4O2.ClH/c15-14(20)18-12-4-1-3-11(9-12)17-13(19)7-6-10-5-2-8-16-10;/h1,3-4,9-10,16H,2,5-8H2,(H,17,19)(H3,15,18,20);1H. The topological polar surface area (TPSA) is 96.2 Å². The first kappa shape index (κ1) is 17.3. The Morgan fingerprint density at radius 3 is 2.62 bits per heavy atom. The monoisotopic (exact) mass is 312 g/mol. The Balaban J connectivity index is 0.00000220. The van der Waals surface area contributed by atoms with Crippen LogP contribution in [-0.4, -0.2) is 24.5 Å².